The Balaban J connectivity index is 1.53. The van der Waals surface area contributed by atoms with Crippen molar-refractivity contribution in [2.45, 2.75) is 27.4 Å². The molecule has 0 fully saturated rings. The minimum atomic E-state index is -0.311. The van der Waals surface area contributed by atoms with E-state index >= 15 is 0 Å². The first-order valence-electron chi connectivity index (χ1n) is 10.8. The van der Waals surface area contributed by atoms with Gasteiger partial charge in [0.15, 0.2) is 5.76 Å². The van der Waals surface area contributed by atoms with Crippen molar-refractivity contribution in [3.63, 3.8) is 0 Å². The highest BCUT2D eigenvalue weighted by Gasteiger charge is 2.30. The molecule has 0 N–H and O–H groups in total. The van der Waals surface area contributed by atoms with Gasteiger partial charge in [0.05, 0.1) is 5.56 Å². The van der Waals surface area contributed by atoms with Crippen molar-refractivity contribution in [3.05, 3.63) is 94.5 Å². The maximum atomic E-state index is 13.9. The van der Waals surface area contributed by atoms with Gasteiger partial charge in [0.2, 0.25) is 5.78 Å². The highest BCUT2D eigenvalue weighted by atomic mass is 19.1. The van der Waals surface area contributed by atoms with Crippen molar-refractivity contribution in [2.24, 2.45) is 0 Å². The van der Waals surface area contributed by atoms with Crippen LogP contribution in [0, 0.1) is 12.7 Å². The third-order valence-electron chi connectivity index (χ3n) is 5.62. The van der Waals surface area contributed by atoms with E-state index in [2.05, 4.69) is 18.7 Å². The normalized spacial score (nSPS) is 13.8. The Kier molecular flexibility index (Phi) is 6.26. The number of rotatable bonds is 7. The van der Waals surface area contributed by atoms with E-state index in [9.17, 15) is 9.18 Å². The molecule has 0 saturated carbocycles. The SMILES string of the molecule is CCN(CC)c1ccc(/C=C2\Oc3cc(OCc4ccccc4F)cc(C)c3C2=O)cc1. The van der Waals surface area contributed by atoms with E-state index in [0.717, 1.165) is 29.9 Å². The lowest BCUT2D eigenvalue weighted by atomic mass is 10.0. The molecule has 3 aromatic rings. The van der Waals surface area contributed by atoms with E-state index < -0.39 is 0 Å². The lowest BCUT2D eigenvalue weighted by Gasteiger charge is -2.20. The minimum absolute atomic E-state index is 0.0976. The number of Topliss-reactive ketones (excluding diaryl/α,β-unsaturated/α-hetero) is 1. The average Bonchev–Trinajstić information content (AvgIpc) is 3.10. The van der Waals surface area contributed by atoms with Crippen molar-refractivity contribution in [2.75, 3.05) is 18.0 Å². The Hall–Kier alpha value is -3.60. The first kappa shape index (κ1) is 21.6. The van der Waals surface area contributed by atoms with Crippen molar-refractivity contribution >= 4 is 17.5 Å². The number of benzene rings is 3. The summed E-state index contributed by atoms with van der Waals surface area (Å²) in [5.74, 6) is 0.816. The van der Waals surface area contributed by atoms with E-state index in [1.54, 1.807) is 36.4 Å². The molecule has 0 radical (unpaired) electrons. The number of hydrogen-bond acceptors (Lipinski definition) is 4. The largest absolute Gasteiger partial charge is 0.489 e. The predicted octanol–water partition coefficient (Wildman–Crippen LogP) is 6.18. The van der Waals surface area contributed by atoms with Crippen molar-refractivity contribution in [1.82, 2.24) is 0 Å². The van der Waals surface area contributed by atoms with E-state index in [1.165, 1.54) is 6.07 Å². The Morgan fingerprint density at radius 1 is 1.03 bits per heavy atom. The highest BCUT2D eigenvalue weighted by molar-refractivity contribution is 6.15. The second-order valence-electron chi connectivity index (χ2n) is 7.70. The fraction of sp³-hybridized carbons (Fsp3) is 0.222. The number of carbonyl (C=O) groups excluding carboxylic acids is 1. The van der Waals surface area contributed by atoms with Crippen LogP contribution >= 0.6 is 0 Å². The molecule has 1 aliphatic heterocycles. The quantitative estimate of drug-likeness (QED) is 0.419. The third-order valence-corrected chi connectivity index (χ3v) is 5.62. The lowest BCUT2D eigenvalue weighted by Crippen LogP contribution is -2.21. The molecule has 0 amide bonds. The average molecular weight is 432 g/mol. The summed E-state index contributed by atoms with van der Waals surface area (Å²) < 4.78 is 25.5. The lowest BCUT2D eigenvalue weighted by molar-refractivity contribution is 0.101. The Morgan fingerprint density at radius 3 is 2.44 bits per heavy atom. The third kappa shape index (κ3) is 4.37. The monoisotopic (exact) mass is 431 g/mol. The molecule has 4 nitrogen and oxygen atoms in total. The molecule has 0 aromatic heterocycles. The summed E-state index contributed by atoms with van der Waals surface area (Å²) in [4.78, 5) is 15.2. The molecule has 0 atom stereocenters. The van der Waals surface area contributed by atoms with Gasteiger partial charge in [-0.25, -0.2) is 4.39 Å². The fourth-order valence-electron chi connectivity index (χ4n) is 3.86. The summed E-state index contributed by atoms with van der Waals surface area (Å²) in [6.45, 7) is 8.07. The second-order valence-corrected chi connectivity index (χ2v) is 7.70. The van der Waals surface area contributed by atoms with Gasteiger partial charge in [0.25, 0.3) is 0 Å². The van der Waals surface area contributed by atoms with Crippen LogP contribution in [0.4, 0.5) is 10.1 Å². The highest BCUT2D eigenvalue weighted by Crippen LogP contribution is 2.37. The van der Waals surface area contributed by atoms with E-state index in [-0.39, 0.29) is 24.0 Å². The number of anilines is 1. The Morgan fingerprint density at radius 2 is 1.75 bits per heavy atom. The van der Waals surface area contributed by atoms with Gasteiger partial charge in [0, 0.05) is 30.4 Å². The summed E-state index contributed by atoms with van der Waals surface area (Å²) in [5.41, 5.74) is 3.80. The number of fused-ring (bicyclic) bond motifs is 1. The van der Waals surface area contributed by atoms with Crippen LogP contribution in [-0.4, -0.2) is 18.9 Å². The fourth-order valence-corrected chi connectivity index (χ4v) is 3.86. The number of aryl methyl sites for hydroxylation is 1. The van der Waals surface area contributed by atoms with Crippen LogP contribution < -0.4 is 14.4 Å². The number of hydrogen-bond donors (Lipinski definition) is 0. The van der Waals surface area contributed by atoms with Crippen molar-refractivity contribution in [1.29, 1.82) is 0 Å². The summed E-state index contributed by atoms with van der Waals surface area (Å²) in [7, 11) is 0. The molecule has 3 aromatic carbocycles. The number of ketones is 1. The second kappa shape index (κ2) is 9.27. The molecule has 5 heteroatoms. The Bertz CT molecular complexity index is 1160. The van der Waals surface area contributed by atoms with Gasteiger partial charge in [-0.2, -0.15) is 0 Å². The zero-order valence-electron chi connectivity index (χ0n) is 18.5. The molecular formula is C27H26FNO3. The van der Waals surface area contributed by atoms with Crippen LogP contribution in [-0.2, 0) is 6.61 Å². The van der Waals surface area contributed by atoms with Crippen LogP contribution in [0.5, 0.6) is 11.5 Å². The molecule has 0 unspecified atom stereocenters. The summed E-state index contributed by atoms with van der Waals surface area (Å²) in [5, 5.41) is 0. The maximum Gasteiger partial charge on any atom is 0.232 e. The number of allylic oxidation sites excluding steroid dienone is 1. The van der Waals surface area contributed by atoms with E-state index in [0.29, 0.717) is 22.6 Å². The summed E-state index contributed by atoms with van der Waals surface area (Å²) in [6, 6.07) is 18.0. The Labute approximate surface area is 187 Å². The van der Waals surface area contributed by atoms with Gasteiger partial charge < -0.3 is 14.4 Å². The van der Waals surface area contributed by atoms with E-state index in [4.69, 9.17) is 9.47 Å². The van der Waals surface area contributed by atoms with Gasteiger partial charge in [0.1, 0.15) is 23.9 Å². The van der Waals surface area contributed by atoms with Crippen LogP contribution in [0.1, 0.15) is 40.9 Å². The van der Waals surface area contributed by atoms with E-state index in [1.807, 2.05) is 31.2 Å². The van der Waals surface area contributed by atoms with Crippen LogP contribution in [0.2, 0.25) is 0 Å². The molecule has 0 aliphatic carbocycles. The van der Waals surface area contributed by atoms with Gasteiger partial charge in [-0.1, -0.05) is 30.3 Å². The zero-order valence-corrected chi connectivity index (χ0v) is 18.5. The van der Waals surface area contributed by atoms with Gasteiger partial charge >= 0.3 is 0 Å². The smallest absolute Gasteiger partial charge is 0.232 e. The van der Waals surface area contributed by atoms with Gasteiger partial charge in [-0.15, -0.1) is 0 Å². The minimum Gasteiger partial charge on any atom is -0.489 e. The molecule has 0 bridgehead atoms. The summed E-state index contributed by atoms with van der Waals surface area (Å²) in [6.07, 6.45) is 1.76. The molecule has 0 spiro atoms. The number of carbonyl (C=O) groups is 1. The van der Waals surface area contributed by atoms with Gasteiger partial charge in [-0.3, -0.25) is 4.79 Å². The van der Waals surface area contributed by atoms with Crippen molar-refractivity contribution < 1.29 is 18.7 Å². The molecule has 1 aliphatic rings. The number of nitrogens with zero attached hydrogens (tertiary/aromatic N) is 1. The van der Waals surface area contributed by atoms with Gasteiger partial charge in [-0.05, 0) is 62.2 Å². The predicted molar refractivity (Wildman–Crippen MR) is 125 cm³/mol. The molecule has 1 heterocycles. The number of halogens is 1. The zero-order chi connectivity index (χ0) is 22.7. The molecule has 32 heavy (non-hydrogen) atoms. The standard InChI is InChI=1S/C27H26FNO3/c1-4-29(5-2)21-12-10-19(11-13-21)15-25-27(30)26-18(3)14-22(16-24(26)32-25)31-17-20-8-6-7-9-23(20)28/h6-16H,4-5,17H2,1-3H3/b25-15-. The summed E-state index contributed by atoms with van der Waals surface area (Å²) >= 11 is 0. The van der Waals surface area contributed by atoms with Crippen molar-refractivity contribution in [3.8, 4) is 11.5 Å². The topological polar surface area (TPSA) is 38.8 Å². The van der Waals surface area contributed by atoms with Crippen LogP contribution in [0.15, 0.2) is 66.4 Å². The molecule has 4 rings (SSSR count). The molecular weight excluding hydrogens is 405 g/mol. The van der Waals surface area contributed by atoms with Crippen LogP contribution in [0.25, 0.3) is 6.08 Å². The number of ether oxygens (including phenoxy) is 2. The molecule has 164 valence electrons. The van der Waals surface area contributed by atoms with Crippen LogP contribution in [0.3, 0.4) is 0 Å². The molecule has 0 saturated heterocycles. The first-order valence-corrected chi connectivity index (χ1v) is 10.8. The maximum absolute atomic E-state index is 13.9. The first-order chi connectivity index (χ1) is 15.5.